The minimum absolute atomic E-state index is 0.104. The van der Waals surface area contributed by atoms with Crippen LogP contribution in [0, 0.1) is 13.8 Å². The van der Waals surface area contributed by atoms with Gasteiger partial charge >= 0.3 is 0 Å². The summed E-state index contributed by atoms with van der Waals surface area (Å²) in [6.07, 6.45) is 0.157. The second-order valence-corrected chi connectivity index (χ2v) is 9.41. The Hall–Kier alpha value is -2.38. The first-order chi connectivity index (χ1) is 13.0. The van der Waals surface area contributed by atoms with E-state index in [0.717, 1.165) is 16.9 Å². The van der Waals surface area contributed by atoms with Crippen molar-refractivity contribution in [2.45, 2.75) is 51.5 Å². The molecule has 28 heavy (non-hydrogen) atoms. The molecule has 2 aromatic carbocycles. The van der Waals surface area contributed by atoms with Crippen LogP contribution in [0.5, 0.6) is 5.75 Å². The molecule has 2 rings (SSSR count). The minimum Gasteiger partial charge on any atom is -0.493 e. The molecule has 0 aromatic heterocycles. The first-order valence-electron chi connectivity index (χ1n) is 9.11. The molecule has 7 heteroatoms. The molecular weight excluding hydrogens is 376 g/mol. The van der Waals surface area contributed by atoms with Crippen LogP contribution < -0.4 is 14.8 Å². The summed E-state index contributed by atoms with van der Waals surface area (Å²) in [7, 11) is -3.66. The van der Waals surface area contributed by atoms with E-state index < -0.39 is 15.6 Å². The first-order valence-corrected chi connectivity index (χ1v) is 10.6. The molecule has 0 heterocycles. The van der Waals surface area contributed by atoms with Gasteiger partial charge in [-0.25, -0.2) is 13.1 Å². The van der Waals surface area contributed by atoms with Gasteiger partial charge in [-0.05, 0) is 70.0 Å². The van der Waals surface area contributed by atoms with Crippen LogP contribution >= 0.6 is 0 Å². The summed E-state index contributed by atoms with van der Waals surface area (Å²) in [5, 5.41) is 2.72. The number of benzene rings is 2. The van der Waals surface area contributed by atoms with E-state index in [1.807, 2.05) is 32.0 Å². The fourth-order valence-electron chi connectivity index (χ4n) is 2.56. The largest absolute Gasteiger partial charge is 0.493 e. The van der Waals surface area contributed by atoms with Gasteiger partial charge in [0.1, 0.15) is 5.75 Å². The van der Waals surface area contributed by atoms with Gasteiger partial charge in [0.25, 0.3) is 0 Å². The minimum atomic E-state index is -3.66. The number of aryl methyl sites for hydroxylation is 1. The molecule has 0 unspecified atom stereocenters. The Labute approximate surface area is 167 Å². The van der Waals surface area contributed by atoms with Gasteiger partial charge in [0.05, 0.1) is 17.9 Å². The number of amides is 1. The quantitative estimate of drug-likeness (QED) is 0.735. The summed E-state index contributed by atoms with van der Waals surface area (Å²) in [6, 6.07) is 12.0. The van der Waals surface area contributed by atoms with Crippen molar-refractivity contribution in [2.75, 3.05) is 11.9 Å². The van der Waals surface area contributed by atoms with Gasteiger partial charge < -0.3 is 10.1 Å². The third-order valence-corrected chi connectivity index (χ3v) is 5.77. The molecule has 0 spiro atoms. The monoisotopic (exact) mass is 404 g/mol. The molecule has 0 saturated carbocycles. The Morgan fingerprint density at radius 3 is 2.43 bits per heavy atom. The van der Waals surface area contributed by atoms with Gasteiger partial charge in [-0.15, -0.1) is 0 Å². The summed E-state index contributed by atoms with van der Waals surface area (Å²) in [4.78, 5) is 12.3. The molecule has 0 aliphatic rings. The molecule has 0 aliphatic heterocycles. The van der Waals surface area contributed by atoms with Crippen LogP contribution in [-0.4, -0.2) is 26.5 Å². The molecule has 0 fully saturated rings. The van der Waals surface area contributed by atoms with E-state index >= 15 is 0 Å². The van der Waals surface area contributed by atoms with E-state index in [4.69, 9.17) is 4.74 Å². The second kappa shape index (κ2) is 8.75. The highest BCUT2D eigenvalue weighted by Crippen LogP contribution is 2.21. The first kappa shape index (κ1) is 21.9. The number of hydrogen-bond donors (Lipinski definition) is 2. The van der Waals surface area contributed by atoms with Gasteiger partial charge in [0, 0.05) is 11.2 Å². The van der Waals surface area contributed by atoms with Crippen molar-refractivity contribution in [3.8, 4) is 5.75 Å². The van der Waals surface area contributed by atoms with Gasteiger partial charge in [0.15, 0.2) is 0 Å². The van der Waals surface area contributed by atoms with Crippen molar-refractivity contribution in [3.63, 3.8) is 0 Å². The molecule has 6 nitrogen and oxygen atoms in total. The van der Waals surface area contributed by atoms with E-state index in [-0.39, 0.29) is 23.8 Å². The lowest BCUT2D eigenvalue weighted by molar-refractivity contribution is -0.116. The number of ether oxygens (including phenoxy) is 1. The molecule has 1 amide bonds. The maximum Gasteiger partial charge on any atom is 0.241 e. The molecular formula is C21H28N2O4S. The number of rotatable bonds is 7. The number of sulfonamides is 1. The Kier molecular flexibility index (Phi) is 6.85. The highest BCUT2D eigenvalue weighted by Gasteiger charge is 2.22. The normalized spacial score (nSPS) is 11.9. The Balaban J connectivity index is 1.96. The number of carbonyl (C=O) groups is 1. The Bertz CT molecular complexity index is 947. The van der Waals surface area contributed by atoms with E-state index in [2.05, 4.69) is 10.0 Å². The van der Waals surface area contributed by atoms with Crippen molar-refractivity contribution < 1.29 is 17.9 Å². The molecule has 152 valence electrons. The average Bonchev–Trinajstić information content (AvgIpc) is 2.57. The van der Waals surface area contributed by atoms with Gasteiger partial charge in [-0.2, -0.15) is 0 Å². The Morgan fingerprint density at radius 1 is 1.07 bits per heavy atom. The number of nitrogens with one attached hydrogen (secondary N) is 2. The van der Waals surface area contributed by atoms with Crippen LogP contribution in [0.25, 0.3) is 0 Å². The van der Waals surface area contributed by atoms with Gasteiger partial charge in [0.2, 0.25) is 15.9 Å². The lowest BCUT2D eigenvalue weighted by Crippen LogP contribution is -2.40. The highest BCUT2D eigenvalue weighted by molar-refractivity contribution is 7.89. The second-order valence-electron chi connectivity index (χ2n) is 7.73. The van der Waals surface area contributed by atoms with E-state index in [0.29, 0.717) is 5.69 Å². The lowest BCUT2D eigenvalue weighted by atomic mass is 10.1. The van der Waals surface area contributed by atoms with E-state index in [1.54, 1.807) is 32.9 Å². The predicted molar refractivity (Wildman–Crippen MR) is 111 cm³/mol. The third kappa shape index (κ3) is 6.35. The number of carbonyl (C=O) groups excluding carboxylic acids is 1. The molecule has 0 radical (unpaired) electrons. The molecule has 0 atom stereocenters. The fraction of sp³-hybridized carbons (Fsp3) is 0.381. The summed E-state index contributed by atoms with van der Waals surface area (Å²) < 4.78 is 33.1. The van der Waals surface area contributed by atoms with E-state index in [9.17, 15) is 13.2 Å². The van der Waals surface area contributed by atoms with Crippen LogP contribution in [0.15, 0.2) is 47.4 Å². The number of anilines is 1. The maximum atomic E-state index is 12.4. The van der Waals surface area contributed by atoms with Crippen LogP contribution in [-0.2, 0) is 14.8 Å². The number of hydrogen-bond acceptors (Lipinski definition) is 4. The summed E-state index contributed by atoms with van der Waals surface area (Å²) in [6.45, 7) is 9.52. The third-order valence-electron chi connectivity index (χ3n) is 4.01. The van der Waals surface area contributed by atoms with Crippen LogP contribution in [0.1, 0.15) is 38.3 Å². The van der Waals surface area contributed by atoms with E-state index in [1.165, 1.54) is 12.1 Å². The van der Waals surface area contributed by atoms with Crippen LogP contribution in [0.3, 0.4) is 0 Å². The van der Waals surface area contributed by atoms with Gasteiger partial charge in [-0.1, -0.05) is 18.2 Å². The van der Waals surface area contributed by atoms with Crippen molar-refractivity contribution in [1.29, 1.82) is 0 Å². The lowest BCUT2D eigenvalue weighted by Gasteiger charge is -2.20. The SMILES string of the molecule is Cc1cccc(OCCC(=O)Nc2cccc(S(=O)(=O)NC(C)(C)C)c2)c1C. The molecule has 2 N–H and O–H groups in total. The maximum absolute atomic E-state index is 12.4. The van der Waals surface area contributed by atoms with Crippen molar-refractivity contribution in [2.24, 2.45) is 0 Å². The topological polar surface area (TPSA) is 84.5 Å². The van der Waals surface area contributed by atoms with Crippen LogP contribution in [0.2, 0.25) is 0 Å². The molecule has 0 aliphatic carbocycles. The molecule has 2 aromatic rings. The predicted octanol–water partition coefficient (Wildman–Crippen LogP) is 3.79. The summed E-state index contributed by atoms with van der Waals surface area (Å²) in [5.41, 5.74) is 2.01. The highest BCUT2D eigenvalue weighted by atomic mass is 32.2. The Morgan fingerprint density at radius 2 is 1.75 bits per heavy atom. The zero-order valence-electron chi connectivity index (χ0n) is 17.0. The average molecular weight is 405 g/mol. The van der Waals surface area contributed by atoms with Crippen LogP contribution in [0.4, 0.5) is 5.69 Å². The standard InChI is InChI=1S/C21H28N2O4S/c1-15-8-6-11-19(16(15)2)27-13-12-20(24)22-17-9-7-10-18(14-17)28(25,26)23-21(3,4)5/h6-11,14,23H,12-13H2,1-5H3,(H,22,24). The molecule has 0 saturated heterocycles. The zero-order valence-corrected chi connectivity index (χ0v) is 17.8. The van der Waals surface area contributed by atoms with Crippen molar-refractivity contribution >= 4 is 21.6 Å². The van der Waals surface area contributed by atoms with Gasteiger partial charge in [-0.3, -0.25) is 4.79 Å². The fourth-order valence-corrected chi connectivity index (χ4v) is 4.02. The van der Waals surface area contributed by atoms with Crippen molar-refractivity contribution in [1.82, 2.24) is 4.72 Å². The zero-order chi connectivity index (χ0) is 20.9. The smallest absolute Gasteiger partial charge is 0.241 e. The summed E-state index contributed by atoms with van der Waals surface area (Å²) in [5.74, 6) is 0.512. The molecule has 0 bridgehead atoms. The van der Waals surface area contributed by atoms with Crippen molar-refractivity contribution in [3.05, 3.63) is 53.6 Å². The summed E-state index contributed by atoms with van der Waals surface area (Å²) >= 11 is 0.